The first-order valence-electron chi connectivity index (χ1n) is 6.22. The van der Waals surface area contributed by atoms with E-state index >= 15 is 0 Å². The second-order valence-corrected chi connectivity index (χ2v) is 5.36. The molecule has 1 aromatic rings. The number of aromatic nitrogens is 2. The van der Waals surface area contributed by atoms with Gasteiger partial charge in [-0.2, -0.15) is 0 Å². The van der Waals surface area contributed by atoms with Gasteiger partial charge in [0, 0.05) is 31.7 Å². The zero-order chi connectivity index (χ0) is 11.8. The summed E-state index contributed by atoms with van der Waals surface area (Å²) in [5, 5.41) is 3.42. The fourth-order valence-corrected chi connectivity index (χ4v) is 3.23. The molecule has 0 unspecified atom stereocenters. The van der Waals surface area contributed by atoms with Gasteiger partial charge in [-0.15, -0.1) is 24.0 Å². The van der Waals surface area contributed by atoms with Crippen LogP contribution < -0.4 is 10.2 Å². The Labute approximate surface area is 119 Å². The molecule has 2 heterocycles. The van der Waals surface area contributed by atoms with Gasteiger partial charge in [0.2, 0.25) is 0 Å². The minimum Gasteiger partial charge on any atom is -0.354 e. The first-order chi connectivity index (χ1) is 8.27. The summed E-state index contributed by atoms with van der Waals surface area (Å²) in [6.45, 7) is 6.30. The van der Waals surface area contributed by atoms with Crippen LogP contribution in [-0.4, -0.2) is 36.1 Å². The lowest BCUT2D eigenvalue weighted by molar-refractivity contribution is 0.581. The number of alkyl halides is 1. The molecule has 0 aromatic carbocycles. The normalized spacial score (nSPS) is 26.7. The molecule has 2 atom stereocenters. The molecule has 1 saturated heterocycles. The highest BCUT2D eigenvalue weighted by Gasteiger charge is 2.32. The van der Waals surface area contributed by atoms with Crippen LogP contribution in [0.1, 0.15) is 35.9 Å². The zero-order valence-electron chi connectivity index (χ0n) is 10.4. The van der Waals surface area contributed by atoms with Crippen LogP contribution in [0.2, 0.25) is 0 Å². The second-order valence-electron chi connectivity index (χ2n) is 4.84. The quantitative estimate of drug-likeness (QED) is 0.804. The van der Waals surface area contributed by atoms with Gasteiger partial charge in [0.05, 0.1) is 11.1 Å². The minimum atomic E-state index is 0. The third-order valence-corrected chi connectivity index (χ3v) is 4.05. The fraction of sp³-hybridized carbons (Fsp3) is 0.667. The number of rotatable bonds is 1. The van der Waals surface area contributed by atoms with E-state index in [2.05, 4.69) is 27.1 Å². The SMILES string of the molecule is C[C@@H]1C[C@@H](Cl)c2ncnc(N3CCNCC3)c21.Cl. The van der Waals surface area contributed by atoms with Crippen molar-refractivity contribution in [2.24, 2.45) is 0 Å². The van der Waals surface area contributed by atoms with Gasteiger partial charge >= 0.3 is 0 Å². The average Bonchev–Trinajstić information content (AvgIpc) is 2.66. The van der Waals surface area contributed by atoms with E-state index in [-0.39, 0.29) is 17.8 Å². The van der Waals surface area contributed by atoms with E-state index in [1.165, 1.54) is 5.56 Å². The smallest absolute Gasteiger partial charge is 0.135 e. The summed E-state index contributed by atoms with van der Waals surface area (Å²) >= 11 is 6.33. The minimum absolute atomic E-state index is 0. The molecule has 0 amide bonds. The van der Waals surface area contributed by atoms with Crippen LogP contribution in [0.15, 0.2) is 6.33 Å². The van der Waals surface area contributed by atoms with Gasteiger partial charge in [0.1, 0.15) is 12.1 Å². The van der Waals surface area contributed by atoms with Crippen molar-refractivity contribution in [3.63, 3.8) is 0 Å². The molecular weight excluding hydrogens is 271 g/mol. The predicted molar refractivity (Wildman–Crippen MR) is 76.0 cm³/mol. The van der Waals surface area contributed by atoms with Crippen LogP contribution in [0.3, 0.4) is 0 Å². The topological polar surface area (TPSA) is 41.1 Å². The molecule has 1 aliphatic heterocycles. The van der Waals surface area contributed by atoms with Gasteiger partial charge in [-0.25, -0.2) is 9.97 Å². The average molecular weight is 289 g/mol. The Balaban J connectivity index is 0.00000120. The van der Waals surface area contributed by atoms with E-state index in [0.29, 0.717) is 5.92 Å². The van der Waals surface area contributed by atoms with Crippen LogP contribution in [-0.2, 0) is 0 Å². The van der Waals surface area contributed by atoms with Crippen molar-refractivity contribution >= 4 is 29.8 Å². The summed E-state index contributed by atoms with van der Waals surface area (Å²) in [7, 11) is 0. The molecule has 0 radical (unpaired) electrons. The van der Waals surface area contributed by atoms with E-state index in [0.717, 1.165) is 44.1 Å². The predicted octanol–water partition coefficient (Wildman–Crippen LogP) is 2.10. The number of fused-ring (bicyclic) bond motifs is 1. The van der Waals surface area contributed by atoms with Crippen LogP contribution in [0.4, 0.5) is 5.82 Å². The fourth-order valence-electron chi connectivity index (χ4n) is 2.79. The Kier molecular flexibility index (Phi) is 4.30. The van der Waals surface area contributed by atoms with Crippen molar-refractivity contribution in [1.82, 2.24) is 15.3 Å². The third kappa shape index (κ3) is 2.29. The van der Waals surface area contributed by atoms with E-state index in [1.54, 1.807) is 6.33 Å². The highest BCUT2D eigenvalue weighted by molar-refractivity contribution is 6.21. The first-order valence-corrected chi connectivity index (χ1v) is 6.65. The molecule has 2 aliphatic rings. The number of hydrogen-bond donors (Lipinski definition) is 1. The van der Waals surface area contributed by atoms with Gasteiger partial charge in [0.15, 0.2) is 0 Å². The van der Waals surface area contributed by atoms with Gasteiger partial charge < -0.3 is 10.2 Å². The van der Waals surface area contributed by atoms with Crippen molar-refractivity contribution in [1.29, 1.82) is 0 Å². The van der Waals surface area contributed by atoms with E-state index in [9.17, 15) is 0 Å². The standard InChI is InChI=1S/C12H17ClN4.ClH/c1-8-6-9(13)11-10(8)12(16-7-15-11)17-4-2-14-3-5-17;/h7-9,14H,2-6H2,1H3;1H/t8-,9-;/m1./s1. The van der Waals surface area contributed by atoms with Crippen molar-refractivity contribution in [2.45, 2.75) is 24.6 Å². The summed E-state index contributed by atoms with van der Waals surface area (Å²) in [4.78, 5) is 11.2. The maximum atomic E-state index is 6.33. The lowest BCUT2D eigenvalue weighted by atomic mass is 10.1. The molecule has 6 heteroatoms. The molecule has 1 N–H and O–H groups in total. The molecular formula is C12H18Cl2N4. The Bertz CT molecular complexity index is 421. The molecule has 1 fully saturated rings. The maximum Gasteiger partial charge on any atom is 0.135 e. The lowest BCUT2D eigenvalue weighted by Crippen LogP contribution is -2.44. The van der Waals surface area contributed by atoms with Crippen molar-refractivity contribution in [3.8, 4) is 0 Å². The number of hydrogen-bond acceptors (Lipinski definition) is 4. The third-order valence-electron chi connectivity index (χ3n) is 3.66. The number of piperazine rings is 1. The molecule has 18 heavy (non-hydrogen) atoms. The number of nitrogens with zero attached hydrogens (tertiary/aromatic N) is 3. The molecule has 3 rings (SSSR count). The maximum absolute atomic E-state index is 6.33. The van der Waals surface area contributed by atoms with E-state index in [4.69, 9.17) is 11.6 Å². The number of anilines is 1. The molecule has 100 valence electrons. The van der Waals surface area contributed by atoms with Crippen molar-refractivity contribution in [2.75, 3.05) is 31.1 Å². The highest BCUT2D eigenvalue weighted by atomic mass is 35.5. The second kappa shape index (κ2) is 5.59. The van der Waals surface area contributed by atoms with Gasteiger partial charge in [0.25, 0.3) is 0 Å². The molecule has 0 saturated carbocycles. The number of halogens is 2. The molecule has 0 spiro atoms. The molecule has 0 bridgehead atoms. The summed E-state index contributed by atoms with van der Waals surface area (Å²) in [5.74, 6) is 1.57. The largest absolute Gasteiger partial charge is 0.354 e. The van der Waals surface area contributed by atoms with Crippen LogP contribution >= 0.6 is 24.0 Å². The van der Waals surface area contributed by atoms with Crippen LogP contribution in [0.5, 0.6) is 0 Å². The molecule has 1 aromatic heterocycles. The van der Waals surface area contributed by atoms with Crippen LogP contribution in [0, 0.1) is 0 Å². The Morgan fingerprint density at radius 3 is 2.78 bits per heavy atom. The van der Waals surface area contributed by atoms with Crippen LogP contribution in [0.25, 0.3) is 0 Å². The van der Waals surface area contributed by atoms with Crippen molar-refractivity contribution < 1.29 is 0 Å². The highest BCUT2D eigenvalue weighted by Crippen LogP contribution is 2.45. The monoisotopic (exact) mass is 288 g/mol. The summed E-state index contributed by atoms with van der Waals surface area (Å²) in [5.41, 5.74) is 2.32. The van der Waals surface area contributed by atoms with E-state index < -0.39 is 0 Å². The summed E-state index contributed by atoms with van der Waals surface area (Å²) in [6, 6.07) is 0. The Morgan fingerprint density at radius 1 is 1.33 bits per heavy atom. The zero-order valence-corrected chi connectivity index (χ0v) is 12.0. The summed E-state index contributed by atoms with van der Waals surface area (Å²) < 4.78 is 0. The van der Waals surface area contributed by atoms with Gasteiger partial charge in [-0.3, -0.25) is 0 Å². The van der Waals surface area contributed by atoms with Crippen molar-refractivity contribution in [3.05, 3.63) is 17.6 Å². The Morgan fingerprint density at radius 2 is 2.06 bits per heavy atom. The summed E-state index contributed by atoms with van der Waals surface area (Å²) in [6.07, 6.45) is 2.64. The molecule has 1 aliphatic carbocycles. The van der Waals surface area contributed by atoms with Gasteiger partial charge in [-0.05, 0) is 12.3 Å². The number of nitrogens with one attached hydrogen (secondary N) is 1. The van der Waals surface area contributed by atoms with Gasteiger partial charge in [-0.1, -0.05) is 6.92 Å². The molecule has 4 nitrogen and oxygen atoms in total. The first kappa shape index (κ1) is 13.8. The van der Waals surface area contributed by atoms with E-state index in [1.807, 2.05) is 0 Å². The lowest BCUT2D eigenvalue weighted by Gasteiger charge is -2.30. The Hall–Kier alpha value is -0.580.